The van der Waals surface area contributed by atoms with E-state index in [0.29, 0.717) is 0 Å². The third-order valence-electron chi connectivity index (χ3n) is 2.14. The molecule has 1 aromatic rings. The van der Waals surface area contributed by atoms with E-state index in [9.17, 15) is 13.6 Å². The molecule has 0 aliphatic rings. The normalized spacial score (nSPS) is 10.6. The number of alkyl halides is 2. The van der Waals surface area contributed by atoms with Crippen LogP contribution in [0.25, 0.3) is 0 Å². The molecule has 0 fully saturated rings. The second kappa shape index (κ2) is 4.92. The zero-order valence-corrected chi connectivity index (χ0v) is 9.09. The SMILES string of the molecule is CCOc1ccc(C(C)=O)c(N)c1C(F)F. The van der Waals surface area contributed by atoms with Crippen molar-refractivity contribution in [2.75, 3.05) is 12.3 Å². The second-order valence-electron chi connectivity index (χ2n) is 3.23. The molecule has 0 heterocycles. The van der Waals surface area contributed by atoms with Gasteiger partial charge in [0.1, 0.15) is 5.75 Å². The lowest BCUT2D eigenvalue weighted by Crippen LogP contribution is -2.07. The van der Waals surface area contributed by atoms with Crippen LogP contribution in [0.1, 0.15) is 36.2 Å². The Hall–Kier alpha value is -1.65. The van der Waals surface area contributed by atoms with Crippen molar-refractivity contribution in [3.05, 3.63) is 23.3 Å². The summed E-state index contributed by atoms with van der Waals surface area (Å²) in [5.74, 6) is -0.317. The Labute approximate surface area is 92.2 Å². The van der Waals surface area contributed by atoms with Gasteiger partial charge in [0.15, 0.2) is 5.78 Å². The van der Waals surface area contributed by atoms with Gasteiger partial charge >= 0.3 is 0 Å². The van der Waals surface area contributed by atoms with Crippen LogP contribution in [0.15, 0.2) is 12.1 Å². The van der Waals surface area contributed by atoms with Crippen LogP contribution in [0.3, 0.4) is 0 Å². The van der Waals surface area contributed by atoms with Gasteiger partial charge in [-0.2, -0.15) is 0 Å². The second-order valence-corrected chi connectivity index (χ2v) is 3.23. The molecule has 1 aromatic carbocycles. The molecule has 0 spiro atoms. The molecule has 0 atom stereocenters. The molecule has 0 amide bonds. The zero-order chi connectivity index (χ0) is 12.3. The van der Waals surface area contributed by atoms with E-state index in [4.69, 9.17) is 10.5 Å². The molecular weight excluding hydrogens is 216 g/mol. The molecule has 0 aliphatic heterocycles. The summed E-state index contributed by atoms with van der Waals surface area (Å²) >= 11 is 0. The van der Waals surface area contributed by atoms with E-state index in [-0.39, 0.29) is 29.4 Å². The molecule has 0 saturated carbocycles. The maximum Gasteiger partial charge on any atom is 0.269 e. The minimum atomic E-state index is -2.76. The van der Waals surface area contributed by atoms with Gasteiger partial charge in [-0.3, -0.25) is 4.79 Å². The molecule has 0 saturated heterocycles. The predicted octanol–water partition coefficient (Wildman–Crippen LogP) is 2.81. The number of rotatable bonds is 4. The molecule has 0 radical (unpaired) electrons. The van der Waals surface area contributed by atoms with Crippen LogP contribution < -0.4 is 10.5 Å². The Bertz CT molecular complexity index is 405. The van der Waals surface area contributed by atoms with Gasteiger partial charge in [-0.05, 0) is 26.0 Å². The molecule has 0 unspecified atom stereocenters. The van der Waals surface area contributed by atoms with Crippen molar-refractivity contribution in [3.63, 3.8) is 0 Å². The molecule has 1 rings (SSSR count). The fraction of sp³-hybridized carbons (Fsp3) is 0.364. The average molecular weight is 229 g/mol. The zero-order valence-electron chi connectivity index (χ0n) is 9.09. The van der Waals surface area contributed by atoms with Gasteiger partial charge in [-0.15, -0.1) is 0 Å². The number of ether oxygens (including phenoxy) is 1. The van der Waals surface area contributed by atoms with Crippen LogP contribution in [0.2, 0.25) is 0 Å². The van der Waals surface area contributed by atoms with Crippen molar-refractivity contribution < 1.29 is 18.3 Å². The molecule has 0 bridgehead atoms. The van der Waals surface area contributed by atoms with Gasteiger partial charge in [0.25, 0.3) is 6.43 Å². The van der Waals surface area contributed by atoms with E-state index < -0.39 is 12.0 Å². The molecule has 88 valence electrons. The quantitative estimate of drug-likeness (QED) is 0.638. The van der Waals surface area contributed by atoms with E-state index >= 15 is 0 Å². The van der Waals surface area contributed by atoms with E-state index in [1.54, 1.807) is 6.92 Å². The van der Waals surface area contributed by atoms with Gasteiger partial charge < -0.3 is 10.5 Å². The summed E-state index contributed by atoms with van der Waals surface area (Å²) in [5.41, 5.74) is 5.02. The van der Waals surface area contributed by atoms with E-state index in [2.05, 4.69) is 0 Å². The van der Waals surface area contributed by atoms with Crippen molar-refractivity contribution in [2.45, 2.75) is 20.3 Å². The summed E-state index contributed by atoms with van der Waals surface area (Å²) < 4.78 is 30.6. The highest BCUT2D eigenvalue weighted by Crippen LogP contribution is 2.36. The molecule has 0 aromatic heterocycles. The minimum Gasteiger partial charge on any atom is -0.493 e. The maximum atomic E-state index is 12.8. The van der Waals surface area contributed by atoms with Gasteiger partial charge in [-0.25, -0.2) is 8.78 Å². The lowest BCUT2D eigenvalue weighted by molar-refractivity contribution is 0.101. The van der Waals surface area contributed by atoms with Crippen molar-refractivity contribution in [2.24, 2.45) is 0 Å². The first-order chi connectivity index (χ1) is 7.49. The number of hydrogen-bond acceptors (Lipinski definition) is 3. The highest BCUT2D eigenvalue weighted by atomic mass is 19.3. The number of halogens is 2. The molecule has 0 aliphatic carbocycles. The van der Waals surface area contributed by atoms with Gasteiger partial charge in [0, 0.05) is 5.56 Å². The largest absolute Gasteiger partial charge is 0.493 e. The molecule has 3 nitrogen and oxygen atoms in total. The van der Waals surface area contributed by atoms with Crippen LogP contribution in [-0.4, -0.2) is 12.4 Å². The van der Waals surface area contributed by atoms with Crippen LogP contribution in [0.4, 0.5) is 14.5 Å². The monoisotopic (exact) mass is 229 g/mol. The Balaban J connectivity index is 3.35. The first-order valence-corrected chi connectivity index (χ1v) is 4.83. The fourth-order valence-corrected chi connectivity index (χ4v) is 1.43. The van der Waals surface area contributed by atoms with Crippen molar-refractivity contribution >= 4 is 11.5 Å². The summed E-state index contributed by atoms with van der Waals surface area (Å²) in [6.07, 6.45) is -2.76. The third kappa shape index (κ3) is 2.29. The highest BCUT2D eigenvalue weighted by molar-refractivity contribution is 6.00. The number of Topliss-reactive ketones (excluding diaryl/α,β-unsaturated/α-hetero) is 1. The number of hydrogen-bond donors (Lipinski definition) is 1. The summed E-state index contributed by atoms with van der Waals surface area (Å²) in [7, 11) is 0. The lowest BCUT2D eigenvalue weighted by atomic mass is 10.0. The topological polar surface area (TPSA) is 52.3 Å². The number of carbonyl (C=O) groups is 1. The Kier molecular flexibility index (Phi) is 3.82. The minimum absolute atomic E-state index is 0.0278. The van der Waals surface area contributed by atoms with Crippen molar-refractivity contribution in [1.29, 1.82) is 0 Å². The first-order valence-electron chi connectivity index (χ1n) is 4.83. The maximum absolute atomic E-state index is 12.8. The number of nitrogens with two attached hydrogens (primary N) is 1. The molecule has 16 heavy (non-hydrogen) atoms. The molecular formula is C11H13F2NO2. The van der Waals surface area contributed by atoms with Gasteiger partial charge in [0.2, 0.25) is 0 Å². The van der Waals surface area contributed by atoms with E-state index in [1.165, 1.54) is 19.1 Å². The summed E-state index contributed by atoms with van der Waals surface area (Å²) in [6.45, 7) is 3.23. The predicted molar refractivity (Wildman–Crippen MR) is 57.0 cm³/mol. The summed E-state index contributed by atoms with van der Waals surface area (Å²) in [5, 5.41) is 0. The number of carbonyl (C=O) groups excluding carboxylic acids is 1. The van der Waals surface area contributed by atoms with Gasteiger partial charge in [-0.1, -0.05) is 0 Å². The standard InChI is InChI=1S/C11H13F2NO2/c1-3-16-8-5-4-7(6(2)15)10(14)9(8)11(12)13/h4-5,11H,3,14H2,1-2H3. The molecule has 2 N–H and O–H groups in total. The summed E-state index contributed by atoms with van der Waals surface area (Å²) in [4.78, 5) is 11.1. The number of benzene rings is 1. The van der Waals surface area contributed by atoms with Crippen LogP contribution >= 0.6 is 0 Å². The fourth-order valence-electron chi connectivity index (χ4n) is 1.43. The number of nitrogen functional groups attached to an aromatic ring is 1. The Morgan fingerprint density at radius 1 is 1.50 bits per heavy atom. The van der Waals surface area contributed by atoms with Crippen LogP contribution in [0, 0.1) is 0 Å². The van der Waals surface area contributed by atoms with E-state index in [0.717, 1.165) is 0 Å². The van der Waals surface area contributed by atoms with Crippen LogP contribution in [0.5, 0.6) is 5.75 Å². The number of ketones is 1. The number of anilines is 1. The van der Waals surface area contributed by atoms with Crippen LogP contribution in [-0.2, 0) is 0 Å². The van der Waals surface area contributed by atoms with Gasteiger partial charge in [0.05, 0.1) is 17.9 Å². The summed E-state index contributed by atoms with van der Waals surface area (Å²) in [6, 6.07) is 2.74. The third-order valence-corrected chi connectivity index (χ3v) is 2.14. The van der Waals surface area contributed by atoms with Crippen molar-refractivity contribution in [3.8, 4) is 5.75 Å². The van der Waals surface area contributed by atoms with E-state index in [1.807, 2.05) is 0 Å². The smallest absolute Gasteiger partial charge is 0.269 e. The Morgan fingerprint density at radius 2 is 2.12 bits per heavy atom. The first kappa shape index (κ1) is 12.4. The Morgan fingerprint density at radius 3 is 2.56 bits per heavy atom. The van der Waals surface area contributed by atoms with Crippen molar-refractivity contribution in [1.82, 2.24) is 0 Å². The highest BCUT2D eigenvalue weighted by Gasteiger charge is 2.21. The average Bonchev–Trinajstić information content (AvgIpc) is 2.17. The lowest BCUT2D eigenvalue weighted by Gasteiger charge is -2.14. The molecule has 5 heteroatoms.